The number of rotatable bonds is 7. The minimum absolute atomic E-state index is 0.690. The second-order valence-electron chi connectivity index (χ2n) is 5.09. The van der Waals surface area contributed by atoms with Gasteiger partial charge in [-0.1, -0.05) is 24.3 Å². The van der Waals surface area contributed by atoms with Crippen molar-refractivity contribution in [3.8, 4) is 0 Å². The normalized spacial score (nSPS) is 14.5. The summed E-state index contributed by atoms with van der Waals surface area (Å²) in [6.45, 7) is 6.96. The number of benzene rings is 1. The standard InChI is InChI=1S/C17H26N4O/c1-3-22-13-10-19-17(18-2)20-14-15-6-8-16(9-7-15)21-11-4-5-12-21/h4-9H,3,10-14H2,1-2H3,(H2,18,19,20). The average Bonchev–Trinajstić information content (AvgIpc) is 3.09. The van der Waals surface area contributed by atoms with Gasteiger partial charge in [-0.2, -0.15) is 0 Å². The Kier molecular flexibility index (Phi) is 6.77. The van der Waals surface area contributed by atoms with E-state index in [9.17, 15) is 0 Å². The smallest absolute Gasteiger partial charge is 0.191 e. The topological polar surface area (TPSA) is 48.9 Å². The van der Waals surface area contributed by atoms with Gasteiger partial charge in [0.15, 0.2) is 5.96 Å². The quantitative estimate of drug-likeness (QED) is 0.349. The zero-order chi connectivity index (χ0) is 15.6. The molecule has 1 aliphatic heterocycles. The highest BCUT2D eigenvalue weighted by molar-refractivity contribution is 5.79. The molecule has 0 atom stereocenters. The molecule has 120 valence electrons. The highest BCUT2D eigenvalue weighted by atomic mass is 16.5. The SMILES string of the molecule is CCOCCNC(=NC)NCc1ccc(N2CC=CC2)cc1. The lowest BCUT2D eigenvalue weighted by Crippen LogP contribution is -2.38. The predicted molar refractivity (Wildman–Crippen MR) is 92.5 cm³/mol. The van der Waals surface area contributed by atoms with Gasteiger partial charge in [0.25, 0.3) is 0 Å². The van der Waals surface area contributed by atoms with Crippen LogP contribution < -0.4 is 15.5 Å². The van der Waals surface area contributed by atoms with Crippen molar-refractivity contribution in [2.24, 2.45) is 4.99 Å². The van der Waals surface area contributed by atoms with Crippen LogP contribution in [0.4, 0.5) is 5.69 Å². The van der Waals surface area contributed by atoms with Crippen molar-refractivity contribution < 1.29 is 4.74 Å². The largest absolute Gasteiger partial charge is 0.380 e. The summed E-state index contributed by atoms with van der Waals surface area (Å²) in [5.41, 5.74) is 2.51. The number of hydrogen-bond acceptors (Lipinski definition) is 3. The Morgan fingerprint density at radius 3 is 2.55 bits per heavy atom. The number of ether oxygens (including phenoxy) is 1. The molecule has 0 saturated carbocycles. The van der Waals surface area contributed by atoms with Gasteiger partial charge >= 0.3 is 0 Å². The average molecular weight is 302 g/mol. The van der Waals surface area contributed by atoms with Gasteiger partial charge in [-0.15, -0.1) is 0 Å². The van der Waals surface area contributed by atoms with E-state index in [1.807, 2.05) is 6.92 Å². The third-order valence-corrected chi connectivity index (χ3v) is 3.55. The maximum atomic E-state index is 5.30. The first-order chi connectivity index (χ1) is 10.8. The van der Waals surface area contributed by atoms with Crippen molar-refractivity contribution in [2.45, 2.75) is 13.5 Å². The fourth-order valence-corrected chi connectivity index (χ4v) is 2.31. The molecule has 0 unspecified atom stereocenters. The van der Waals surface area contributed by atoms with E-state index in [-0.39, 0.29) is 0 Å². The van der Waals surface area contributed by atoms with Crippen LogP contribution in [0.2, 0.25) is 0 Å². The van der Waals surface area contributed by atoms with Gasteiger partial charge in [0.2, 0.25) is 0 Å². The van der Waals surface area contributed by atoms with Gasteiger partial charge in [0, 0.05) is 45.5 Å². The fourth-order valence-electron chi connectivity index (χ4n) is 2.31. The number of nitrogens with one attached hydrogen (secondary N) is 2. The summed E-state index contributed by atoms with van der Waals surface area (Å²) in [5.74, 6) is 0.799. The summed E-state index contributed by atoms with van der Waals surface area (Å²) < 4.78 is 5.30. The number of guanidine groups is 1. The number of nitrogens with zero attached hydrogens (tertiary/aromatic N) is 2. The lowest BCUT2D eigenvalue weighted by molar-refractivity contribution is 0.152. The van der Waals surface area contributed by atoms with Crippen LogP contribution in [0, 0.1) is 0 Å². The van der Waals surface area contributed by atoms with Crippen LogP contribution >= 0.6 is 0 Å². The van der Waals surface area contributed by atoms with Gasteiger partial charge in [-0.3, -0.25) is 4.99 Å². The van der Waals surface area contributed by atoms with Gasteiger partial charge in [0.05, 0.1) is 6.61 Å². The zero-order valence-corrected chi connectivity index (χ0v) is 13.5. The molecule has 0 amide bonds. The molecule has 1 aromatic rings. The third-order valence-electron chi connectivity index (χ3n) is 3.55. The van der Waals surface area contributed by atoms with E-state index in [1.165, 1.54) is 11.3 Å². The summed E-state index contributed by atoms with van der Waals surface area (Å²) >= 11 is 0. The van der Waals surface area contributed by atoms with E-state index in [0.717, 1.165) is 38.7 Å². The number of hydrogen-bond donors (Lipinski definition) is 2. The maximum Gasteiger partial charge on any atom is 0.191 e. The molecule has 1 aliphatic rings. The summed E-state index contributed by atoms with van der Waals surface area (Å²) in [6, 6.07) is 8.67. The Hall–Kier alpha value is -2.01. The van der Waals surface area contributed by atoms with E-state index < -0.39 is 0 Å². The lowest BCUT2D eigenvalue weighted by atomic mass is 10.2. The molecule has 0 aliphatic carbocycles. The second kappa shape index (κ2) is 9.10. The van der Waals surface area contributed by atoms with Crippen LogP contribution in [0.3, 0.4) is 0 Å². The molecular formula is C17H26N4O. The molecule has 0 radical (unpaired) electrons. The van der Waals surface area contributed by atoms with E-state index in [1.54, 1.807) is 7.05 Å². The van der Waals surface area contributed by atoms with E-state index in [4.69, 9.17) is 4.74 Å². The highest BCUT2D eigenvalue weighted by Gasteiger charge is 2.07. The molecule has 2 N–H and O–H groups in total. The van der Waals surface area contributed by atoms with Crippen molar-refractivity contribution in [3.63, 3.8) is 0 Å². The van der Waals surface area contributed by atoms with Crippen LogP contribution in [0.1, 0.15) is 12.5 Å². The lowest BCUT2D eigenvalue weighted by Gasteiger charge is -2.18. The molecule has 1 aromatic carbocycles. The molecule has 0 bridgehead atoms. The van der Waals surface area contributed by atoms with E-state index in [0.29, 0.717) is 6.61 Å². The van der Waals surface area contributed by atoms with Crippen LogP contribution in [0.5, 0.6) is 0 Å². The first kappa shape index (κ1) is 16.4. The molecule has 2 rings (SSSR count). The summed E-state index contributed by atoms with van der Waals surface area (Å²) in [6.07, 6.45) is 4.40. The summed E-state index contributed by atoms with van der Waals surface area (Å²) in [7, 11) is 1.78. The minimum Gasteiger partial charge on any atom is -0.380 e. The molecule has 0 spiro atoms. The monoisotopic (exact) mass is 302 g/mol. The first-order valence-corrected chi connectivity index (χ1v) is 7.84. The van der Waals surface area contributed by atoms with Crippen LogP contribution in [0.25, 0.3) is 0 Å². The van der Waals surface area contributed by atoms with Gasteiger partial charge in [-0.25, -0.2) is 0 Å². The van der Waals surface area contributed by atoms with Crippen molar-refractivity contribution >= 4 is 11.6 Å². The summed E-state index contributed by atoms with van der Waals surface area (Å²) in [4.78, 5) is 6.54. The van der Waals surface area contributed by atoms with E-state index in [2.05, 4.69) is 56.9 Å². The highest BCUT2D eigenvalue weighted by Crippen LogP contribution is 2.17. The molecule has 5 nitrogen and oxygen atoms in total. The van der Waals surface area contributed by atoms with Gasteiger partial charge in [-0.05, 0) is 24.6 Å². The van der Waals surface area contributed by atoms with Gasteiger partial charge < -0.3 is 20.3 Å². The Bertz CT molecular complexity index is 488. The predicted octanol–water partition coefficient (Wildman–Crippen LogP) is 1.76. The van der Waals surface area contributed by atoms with Crippen LogP contribution in [-0.4, -0.2) is 45.9 Å². The van der Waals surface area contributed by atoms with Crippen LogP contribution in [0.15, 0.2) is 41.4 Å². The van der Waals surface area contributed by atoms with Crippen molar-refractivity contribution in [3.05, 3.63) is 42.0 Å². The fraction of sp³-hybridized carbons (Fsp3) is 0.471. The molecule has 1 heterocycles. The Morgan fingerprint density at radius 2 is 1.91 bits per heavy atom. The van der Waals surface area contributed by atoms with Gasteiger partial charge in [0.1, 0.15) is 0 Å². The minimum atomic E-state index is 0.690. The summed E-state index contributed by atoms with van der Waals surface area (Å²) in [5, 5.41) is 6.54. The van der Waals surface area contributed by atoms with Crippen LogP contribution in [-0.2, 0) is 11.3 Å². The third kappa shape index (κ3) is 5.07. The maximum absolute atomic E-state index is 5.30. The van der Waals surface area contributed by atoms with E-state index >= 15 is 0 Å². The number of aliphatic imine (C=N–C) groups is 1. The van der Waals surface area contributed by atoms with Crippen molar-refractivity contribution in [1.82, 2.24) is 10.6 Å². The Balaban J connectivity index is 1.75. The van der Waals surface area contributed by atoms with Crippen molar-refractivity contribution in [2.75, 3.05) is 44.8 Å². The molecular weight excluding hydrogens is 276 g/mol. The Morgan fingerprint density at radius 1 is 1.18 bits per heavy atom. The molecule has 5 heteroatoms. The zero-order valence-electron chi connectivity index (χ0n) is 13.5. The number of anilines is 1. The molecule has 22 heavy (non-hydrogen) atoms. The second-order valence-corrected chi connectivity index (χ2v) is 5.09. The molecule has 0 aromatic heterocycles. The van der Waals surface area contributed by atoms with Crippen molar-refractivity contribution in [1.29, 1.82) is 0 Å². The first-order valence-electron chi connectivity index (χ1n) is 7.84. The Labute approximate surface area is 133 Å². The molecule has 0 saturated heterocycles. The molecule has 0 fully saturated rings.